The molecule has 0 atom stereocenters. The Bertz CT molecular complexity index is 841. The molecular formula is C21H28F3N5O. The molecule has 0 radical (unpaired) electrons. The summed E-state index contributed by atoms with van der Waals surface area (Å²) < 4.78 is 38.7. The molecule has 1 aromatic carbocycles. The van der Waals surface area contributed by atoms with Gasteiger partial charge in [-0.15, -0.1) is 0 Å². The van der Waals surface area contributed by atoms with Crippen LogP contribution in [0, 0.1) is 0 Å². The molecule has 2 aromatic rings. The Morgan fingerprint density at radius 1 is 1.20 bits per heavy atom. The van der Waals surface area contributed by atoms with Gasteiger partial charge in [-0.05, 0) is 43.1 Å². The van der Waals surface area contributed by atoms with Gasteiger partial charge in [0.25, 0.3) is 5.91 Å². The molecule has 9 heteroatoms. The van der Waals surface area contributed by atoms with Gasteiger partial charge in [0.15, 0.2) is 0 Å². The molecule has 0 bridgehead atoms. The fourth-order valence-corrected chi connectivity index (χ4v) is 3.45. The molecule has 30 heavy (non-hydrogen) atoms. The van der Waals surface area contributed by atoms with Crippen LogP contribution in [0.4, 0.5) is 18.9 Å². The number of nitrogens with zero attached hydrogens (tertiary/aromatic N) is 3. The molecule has 0 unspecified atom stereocenters. The van der Waals surface area contributed by atoms with Crippen molar-refractivity contribution in [3.8, 4) is 0 Å². The highest BCUT2D eigenvalue weighted by atomic mass is 19.4. The molecule has 1 amide bonds. The smallest absolute Gasteiger partial charge is 0.369 e. The Balaban J connectivity index is 1.38. The molecule has 1 aliphatic rings. The molecular weight excluding hydrogens is 395 g/mol. The molecule has 1 aromatic heterocycles. The summed E-state index contributed by atoms with van der Waals surface area (Å²) in [5.74, 6) is 0.0983. The van der Waals surface area contributed by atoms with Crippen LogP contribution in [-0.4, -0.2) is 60.3 Å². The third kappa shape index (κ3) is 5.75. The highest BCUT2D eigenvalue weighted by Crippen LogP contribution is 2.31. The summed E-state index contributed by atoms with van der Waals surface area (Å²) in [6.07, 6.45) is -3.52. The Morgan fingerprint density at radius 3 is 2.57 bits per heavy atom. The van der Waals surface area contributed by atoms with Crippen molar-refractivity contribution >= 4 is 11.6 Å². The van der Waals surface area contributed by atoms with Crippen molar-refractivity contribution in [1.82, 2.24) is 20.4 Å². The third-order valence-corrected chi connectivity index (χ3v) is 5.30. The summed E-state index contributed by atoms with van der Waals surface area (Å²) in [6.45, 7) is 8.36. The van der Waals surface area contributed by atoms with E-state index in [1.54, 1.807) is 12.1 Å². The van der Waals surface area contributed by atoms with Crippen molar-refractivity contribution in [2.24, 2.45) is 0 Å². The average molecular weight is 423 g/mol. The van der Waals surface area contributed by atoms with E-state index in [0.29, 0.717) is 31.0 Å². The predicted molar refractivity (Wildman–Crippen MR) is 110 cm³/mol. The van der Waals surface area contributed by atoms with Crippen LogP contribution in [0.25, 0.3) is 0 Å². The van der Waals surface area contributed by atoms with Crippen LogP contribution < -0.4 is 10.2 Å². The van der Waals surface area contributed by atoms with E-state index in [9.17, 15) is 18.0 Å². The Kier molecular flexibility index (Phi) is 7.02. The van der Waals surface area contributed by atoms with Gasteiger partial charge >= 0.3 is 6.18 Å². The number of anilines is 1. The first-order valence-electron chi connectivity index (χ1n) is 10.2. The maximum Gasteiger partial charge on any atom is 0.416 e. The summed E-state index contributed by atoms with van der Waals surface area (Å²) in [4.78, 5) is 16.4. The second-order valence-corrected chi connectivity index (χ2v) is 7.85. The van der Waals surface area contributed by atoms with Gasteiger partial charge in [-0.3, -0.25) is 14.8 Å². The summed E-state index contributed by atoms with van der Waals surface area (Å²) in [6, 6.07) is 7.26. The molecule has 0 spiro atoms. The van der Waals surface area contributed by atoms with Crippen LogP contribution in [0.1, 0.15) is 47.9 Å². The number of nitrogens with one attached hydrogen (secondary N) is 2. The number of benzene rings is 1. The van der Waals surface area contributed by atoms with Crippen molar-refractivity contribution in [3.05, 3.63) is 47.3 Å². The van der Waals surface area contributed by atoms with E-state index in [0.717, 1.165) is 37.8 Å². The number of aromatic nitrogens is 2. The zero-order valence-corrected chi connectivity index (χ0v) is 17.3. The van der Waals surface area contributed by atoms with Crippen LogP contribution in [0.2, 0.25) is 0 Å². The molecule has 164 valence electrons. The summed E-state index contributed by atoms with van der Waals surface area (Å²) in [7, 11) is 0. The van der Waals surface area contributed by atoms with E-state index in [1.165, 1.54) is 12.1 Å². The number of carbonyl (C=O) groups excluding carboxylic acids is 1. The molecule has 2 N–H and O–H groups in total. The largest absolute Gasteiger partial charge is 0.416 e. The quantitative estimate of drug-likeness (QED) is 0.670. The number of H-pyrrole nitrogens is 1. The van der Waals surface area contributed by atoms with Gasteiger partial charge in [-0.25, -0.2) is 0 Å². The highest BCUT2D eigenvalue weighted by molar-refractivity contribution is 5.92. The standard InChI is InChI=1S/C21H28F3N5O/c1-15(2)18-14-19(27-26-18)20(30)25-7-4-8-28-9-11-29(12-10-28)17-6-3-5-16(13-17)21(22,23)24/h3,5-6,13-15H,4,7-12H2,1-2H3,(H,25,30)(H,26,27). The molecule has 0 aliphatic carbocycles. The molecule has 2 heterocycles. The number of aromatic amines is 1. The monoisotopic (exact) mass is 423 g/mol. The normalized spacial score (nSPS) is 15.6. The minimum Gasteiger partial charge on any atom is -0.369 e. The number of piperazine rings is 1. The Hall–Kier alpha value is -2.55. The predicted octanol–water partition coefficient (Wildman–Crippen LogP) is 3.49. The van der Waals surface area contributed by atoms with Crippen LogP contribution in [0.15, 0.2) is 30.3 Å². The van der Waals surface area contributed by atoms with Crippen LogP contribution in [0.3, 0.4) is 0 Å². The fourth-order valence-electron chi connectivity index (χ4n) is 3.45. The van der Waals surface area contributed by atoms with Crippen molar-refractivity contribution in [1.29, 1.82) is 0 Å². The molecule has 1 fully saturated rings. The maximum atomic E-state index is 12.9. The zero-order valence-electron chi connectivity index (χ0n) is 17.3. The minimum absolute atomic E-state index is 0.187. The molecule has 3 rings (SSSR count). The van der Waals surface area contributed by atoms with Gasteiger partial charge in [0, 0.05) is 44.1 Å². The van der Waals surface area contributed by atoms with Crippen molar-refractivity contribution in [3.63, 3.8) is 0 Å². The number of rotatable bonds is 7. The lowest BCUT2D eigenvalue weighted by Crippen LogP contribution is -2.47. The van der Waals surface area contributed by atoms with Crippen LogP contribution >= 0.6 is 0 Å². The summed E-state index contributed by atoms with van der Waals surface area (Å²) in [5, 5.41) is 9.79. The van der Waals surface area contributed by atoms with Gasteiger partial charge in [-0.1, -0.05) is 19.9 Å². The second kappa shape index (κ2) is 9.51. The minimum atomic E-state index is -4.32. The lowest BCUT2D eigenvalue weighted by atomic mass is 10.1. The van der Waals surface area contributed by atoms with Crippen LogP contribution in [0.5, 0.6) is 0 Å². The molecule has 1 aliphatic heterocycles. The van der Waals surface area contributed by atoms with Gasteiger partial charge in [0.2, 0.25) is 0 Å². The average Bonchev–Trinajstić information content (AvgIpc) is 3.22. The topological polar surface area (TPSA) is 64.3 Å². The van der Waals surface area contributed by atoms with Gasteiger partial charge in [0.05, 0.1) is 5.56 Å². The third-order valence-electron chi connectivity index (χ3n) is 5.30. The number of carbonyl (C=O) groups is 1. The van der Waals surface area contributed by atoms with Crippen LogP contribution in [-0.2, 0) is 6.18 Å². The lowest BCUT2D eigenvalue weighted by Gasteiger charge is -2.36. The molecule has 6 nitrogen and oxygen atoms in total. The summed E-state index contributed by atoms with van der Waals surface area (Å²) in [5.41, 5.74) is 1.32. The van der Waals surface area contributed by atoms with E-state index in [1.807, 2.05) is 18.7 Å². The highest BCUT2D eigenvalue weighted by Gasteiger charge is 2.31. The number of halogens is 3. The Morgan fingerprint density at radius 2 is 1.93 bits per heavy atom. The van der Waals surface area contributed by atoms with Gasteiger partial charge in [-0.2, -0.15) is 18.3 Å². The van der Waals surface area contributed by atoms with E-state index in [2.05, 4.69) is 20.4 Å². The van der Waals surface area contributed by atoms with Crippen molar-refractivity contribution in [2.45, 2.75) is 32.4 Å². The first kappa shape index (κ1) is 22.1. The fraction of sp³-hybridized carbons (Fsp3) is 0.524. The zero-order chi connectivity index (χ0) is 21.7. The van der Waals surface area contributed by atoms with E-state index in [-0.39, 0.29) is 11.8 Å². The van der Waals surface area contributed by atoms with Gasteiger partial charge < -0.3 is 10.2 Å². The first-order chi connectivity index (χ1) is 14.2. The lowest BCUT2D eigenvalue weighted by molar-refractivity contribution is -0.137. The second-order valence-electron chi connectivity index (χ2n) is 7.85. The maximum absolute atomic E-state index is 12.9. The van der Waals surface area contributed by atoms with Gasteiger partial charge in [0.1, 0.15) is 5.69 Å². The van der Waals surface area contributed by atoms with Crippen molar-refractivity contribution < 1.29 is 18.0 Å². The van der Waals surface area contributed by atoms with E-state index in [4.69, 9.17) is 0 Å². The Labute approximate surface area is 174 Å². The number of hydrogen-bond acceptors (Lipinski definition) is 4. The van der Waals surface area contributed by atoms with E-state index >= 15 is 0 Å². The summed E-state index contributed by atoms with van der Waals surface area (Å²) >= 11 is 0. The SMILES string of the molecule is CC(C)c1cc(C(=O)NCCCN2CCN(c3cccc(C(F)(F)F)c3)CC2)n[nH]1. The number of amides is 1. The first-order valence-corrected chi connectivity index (χ1v) is 10.2. The number of alkyl halides is 3. The number of hydrogen-bond donors (Lipinski definition) is 2. The van der Waals surface area contributed by atoms with E-state index < -0.39 is 11.7 Å². The molecule has 0 saturated carbocycles. The molecule has 1 saturated heterocycles. The van der Waals surface area contributed by atoms with Crippen molar-refractivity contribution in [2.75, 3.05) is 44.2 Å².